The van der Waals surface area contributed by atoms with Gasteiger partial charge in [-0.1, -0.05) is 30.3 Å². The van der Waals surface area contributed by atoms with E-state index in [4.69, 9.17) is 18.9 Å². The number of benzene rings is 4. The summed E-state index contributed by atoms with van der Waals surface area (Å²) in [6, 6.07) is 26.8. The minimum atomic E-state index is -2.22. The molecule has 0 fully saturated rings. The summed E-state index contributed by atoms with van der Waals surface area (Å²) in [5, 5.41) is 20.8. The molecular formula is C32H27N3O9. The standard InChI is InChI=1S/C32H27N3O9/c1-41-25-12-6-8-20(18-25)31(39)43-27(28(30(37)38)44-32(40)21-9-7-13-26(19-21)42-2)29(36)33-22-14-16-24(17-15-22)35-34-23-10-4-3-5-11-23/h3-19,27-28H,1-2H3,(H,33,36)(H,37,38)/t27-,28-/m1/s1. The van der Waals surface area contributed by atoms with E-state index in [9.17, 15) is 24.3 Å². The Morgan fingerprint density at radius 2 is 1.14 bits per heavy atom. The minimum Gasteiger partial charge on any atom is -0.497 e. The molecule has 0 aliphatic heterocycles. The quantitative estimate of drug-likeness (QED) is 0.156. The summed E-state index contributed by atoms with van der Waals surface area (Å²) >= 11 is 0. The van der Waals surface area contributed by atoms with Gasteiger partial charge >= 0.3 is 17.9 Å². The Hall–Kier alpha value is -6.04. The van der Waals surface area contributed by atoms with Crippen LogP contribution in [0.5, 0.6) is 11.5 Å². The van der Waals surface area contributed by atoms with Crippen LogP contribution >= 0.6 is 0 Å². The highest BCUT2D eigenvalue weighted by Gasteiger charge is 2.41. The van der Waals surface area contributed by atoms with Crippen molar-refractivity contribution in [2.45, 2.75) is 12.2 Å². The lowest BCUT2D eigenvalue weighted by molar-refractivity contribution is -0.157. The molecule has 4 aromatic rings. The number of azo groups is 1. The van der Waals surface area contributed by atoms with Gasteiger partial charge in [0.25, 0.3) is 5.91 Å². The lowest BCUT2D eigenvalue weighted by atomic mass is 10.1. The smallest absolute Gasteiger partial charge is 0.349 e. The first kappa shape index (κ1) is 30.9. The first-order chi connectivity index (χ1) is 21.3. The molecule has 1 amide bonds. The molecule has 12 nitrogen and oxygen atoms in total. The van der Waals surface area contributed by atoms with Crippen LogP contribution in [0.4, 0.5) is 17.1 Å². The van der Waals surface area contributed by atoms with Gasteiger partial charge in [-0.3, -0.25) is 4.79 Å². The largest absolute Gasteiger partial charge is 0.497 e. The zero-order valence-electron chi connectivity index (χ0n) is 23.6. The third-order valence-electron chi connectivity index (χ3n) is 6.03. The van der Waals surface area contributed by atoms with Crippen LogP contribution in [0.15, 0.2) is 113 Å². The summed E-state index contributed by atoms with van der Waals surface area (Å²) in [7, 11) is 2.79. The van der Waals surface area contributed by atoms with Gasteiger partial charge in [0.2, 0.25) is 12.2 Å². The fourth-order valence-electron chi connectivity index (χ4n) is 3.80. The molecule has 12 heteroatoms. The topological polar surface area (TPSA) is 162 Å². The van der Waals surface area contributed by atoms with Crippen LogP contribution in [0.2, 0.25) is 0 Å². The molecule has 0 saturated heterocycles. The fraction of sp³-hybridized carbons (Fsp3) is 0.125. The second-order valence-electron chi connectivity index (χ2n) is 9.03. The van der Waals surface area contributed by atoms with Gasteiger partial charge < -0.3 is 29.4 Å². The van der Waals surface area contributed by atoms with Gasteiger partial charge in [-0.15, -0.1) is 0 Å². The number of hydrogen-bond acceptors (Lipinski definition) is 10. The predicted octanol–water partition coefficient (Wildman–Crippen LogP) is 5.59. The highest BCUT2D eigenvalue weighted by atomic mass is 16.6. The van der Waals surface area contributed by atoms with Crippen molar-refractivity contribution in [1.29, 1.82) is 0 Å². The Morgan fingerprint density at radius 1 is 0.636 bits per heavy atom. The molecule has 224 valence electrons. The maximum absolute atomic E-state index is 13.4. The monoisotopic (exact) mass is 597 g/mol. The molecule has 0 unspecified atom stereocenters. The van der Waals surface area contributed by atoms with Crippen molar-refractivity contribution in [3.8, 4) is 11.5 Å². The van der Waals surface area contributed by atoms with E-state index in [2.05, 4.69) is 15.5 Å². The third kappa shape index (κ3) is 8.26. The van der Waals surface area contributed by atoms with Crippen LogP contribution in [0.3, 0.4) is 0 Å². The minimum absolute atomic E-state index is 0.0291. The van der Waals surface area contributed by atoms with E-state index >= 15 is 0 Å². The number of carbonyl (C=O) groups is 4. The van der Waals surface area contributed by atoms with Crippen LogP contribution in [0.1, 0.15) is 20.7 Å². The Bertz CT molecular complexity index is 1660. The Balaban J connectivity index is 1.58. The van der Waals surface area contributed by atoms with Crippen LogP contribution in [0.25, 0.3) is 0 Å². The van der Waals surface area contributed by atoms with Crippen molar-refractivity contribution >= 4 is 40.9 Å². The molecule has 44 heavy (non-hydrogen) atoms. The molecule has 2 N–H and O–H groups in total. The van der Waals surface area contributed by atoms with Crippen molar-refractivity contribution < 1.29 is 43.2 Å². The number of nitrogens with one attached hydrogen (secondary N) is 1. The number of carboxylic acid groups (broad SMARTS) is 1. The number of esters is 2. The molecular weight excluding hydrogens is 570 g/mol. The van der Waals surface area contributed by atoms with E-state index in [1.807, 2.05) is 18.2 Å². The van der Waals surface area contributed by atoms with Crippen molar-refractivity contribution in [1.82, 2.24) is 0 Å². The third-order valence-corrected chi connectivity index (χ3v) is 6.03. The summed E-state index contributed by atoms with van der Waals surface area (Å²) < 4.78 is 20.8. The van der Waals surface area contributed by atoms with E-state index < -0.39 is 36.0 Å². The van der Waals surface area contributed by atoms with E-state index in [0.29, 0.717) is 22.9 Å². The maximum Gasteiger partial charge on any atom is 0.349 e. The van der Waals surface area contributed by atoms with E-state index in [0.717, 1.165) is 0 Å². The van der Waals surface area contributed by atoms with Crippen molar-refractivity contribution in [2.75, 3.05) is 19.5 Å². The highest BCUT2D eigenvalue weighted by molar-refractivity contribution is 6.01. The van der Waals surface area contributed by atoms with Crippen LogP contribution in [0, 0.1) is 0 Å². The van der Waals surface area contributed by atoms with Crippen LogP contribution in [-0.4, -0.2) is 55.3 Å². The van der Waals surface area contributed by atoms with Gasteiger partial charge in [-0.2, -0.15) is 10.2 Å². The Labute approximate surface area is 251 Å². The molecule has 0 aliphatic rings. The second kappa shape index (κ2) is 14.7. The maximum atomic E-state index is 13.4. The summed E-state index contributed by atoms with van der Waals surface area (Å²) in [5.41, 5.74) is 1.27. The van der Waals surface area contributed by atoms with Gasteiger partial charge in [0.15, 0.2) is 0 Å². The van der Waals surface area contributed by atoms with Gasteiger partial charge in [0, 0.05) is 5.69 Å². The lowest BCUT2D eigenvalue weighted by Crippen LogP contribution is -2.48. The molecule has 0 spiro atoms. The van der Waals surface area contributed by atoms with E-state index in [1.165, 1.54) is 62.8 Å². The number of nitrogens with zero attached hydrogens (tertiary/aromatic N) is 2. The number of aliphatic carboxylic acids is 1. The molecule has 0 aliphatic carbocycles. The number of carboxylic acids is 1. The van der Waals surface area contributed by atoms with Gasteiger partial charge in [0.05, 0.1) is 36.7 Å². The summed E-state index contributed by atoms with van der Waals surface area (Å²) in [6.07, 6.45) is -4.32. The summed E-state index contributed by atoms with van der Waals surface area (Å²) in [4.78, 5) is 51.7. The number of amides is 1. The van der Waals surface area contributed by atoms with Gasteiger partial charge in [-0.25, -0.2) is 14.4 Å². The zero-order chi connectivity index (χ0) is 31.5. The SMILES string of the molecule is COc1cccc(C(=O)O[C@@H](C(=O)O)[C@@H](OC(=O)c2cccc(OC)c2)C(=O)Nc2ccc(N=Nc3ccccc3)cc2)c1. The van der Waals surface area contributed by atoms with E-state index in [-0.39, 0.29) is 16.8 Å². The van der Waals surface area contributed by atoms with E-state index in [1.54, 1.807) is 36.4 Å². The molecule has 0 aromatic heterocycles. The fourth-order valence-corrected chi connectivity index (χ4v) is 3.80. The molecule has 0 saturated carbocycles. The Morgan fingerprint density at radius 3 is 1.64 bits per heavy atom. The highest BCUT2D eigenvalue weighted by Crippen LogP contribution is 2.22. The number of anilines is 1. The normalized spacial score (nSPS) is 12.0. The number of methoxy groups -OCH3 is 2. The molecule has 0 bridgehead atoms. The molecule has 0 radical (unpaired) electrons. The van der Waals surface area contributed by atoms with Crippen molar-refractivity contribution in [3.05, 3.63) is 114 Å². The lowest BCUT2D eigenvalue weighted by Gasteiger charge is -2.23. The first-order valence-corrected chi connectivity index (χ1v) is 13.1. The number of hydrogen-bond donors (Lipinski definition) is 2. The summed E-state index contributed by atoms with van der Waals surface area (Å²) in [5.74, 6) is -4.28. The van der Waals surface area contributed by atoms with Crippen molar-refractivity contribution in [3.63, 3.8) is 0 Å². The number of ether oxygens (including phenoxy) is 4. The molecule has 0 heterocycles. The predicted molar refractivity (Wildman–Crippen MR) is 158 cm³/mol. The molecule has 2 atom stereocenters. The summed E-state index contributed by atoms with van der Waals surface area (Å²) in [6.45, 7) is 0. The van der Waals surface area contributed by atoms with Crippen LogP contribution in [-0.2, 0) is 19.1 Å². The van der Waals surface area contributed by atoms with Gasteiger partial charge in [-0.05, 0) is 72.8 Å². The average Bonchev–Trinajstić information content (AvgIpc) is 3.06. The number of carbonyl (C=O) groups excluding carboxylic acids is 3. The second-order valence-corrected chi connectivity index (χ2v) is 9.03. The zero-order valence-corrected chi connectivity index (χ0v) is 23.6. The Kier molecular flexibility index (Phi) is 10.3. The van der Waals surface area contributed by atoms with Crippen molar-refractivity contribution in [2.24, 2.45) is 10.2 Å². The van der Waals surface area contributed by atoms with Gasteiger partial charge in [0.1, 0.15) is 11.5 Å². The molecule has 4 rings (SSSR count). The first-order valence-electron chi connectivity index (χ1n) is 13.1. The molecule has 4 aromatic carbocycles. The van der Waals surface area contributed by atoms with Crippen LogP contribution < -0.4 is 14.8 Å². The number of rotatable bonds is 12. The average molecular weight is 598 g/mol.